The number of nitrogens with one attached hydrogen (secondary N) is 2. The molecule has 170 valence electrons. The Hall–Kier alpha value is -3.24. The van der Waals surface area contributed by atoms with E-state index >= 15 is 0 Å². The molecule has 9 nitrogen and oxygen atoms in total. The summed E-state index contributed by atoms with van der Waals surface area (Å²) in [6.45, 7) is 2.36. The van der Waals surface area contributed by atoms with Crippen LogP contribution in [-0.4, -0.2) is 48.4 Å². The minimum Gasteiger partial charge on any atom is -0.494 e. The number of nitrogens with two attached hydrogens (primary N) is 1. The number of carbonyl (C=O) groups is 1. The van der Waals surface area contributed by atoms with Crippen LogP contribution in [0.5, 0.6) is 5.75 Å². The zero-order valence-electron chi connectivity index (χ0n) is 18.5. The van der Waals surface area contributed by atoms with Crippen LogP contribution in [0, 0.1) is 5.41 Å². The van der Waals surface area contributed by atoms with E-state index < -0.39 is 0 Å². The van der Waals surface area contributed by atoms with Gasteiger partial charge in [0.2, 0.25) is 6.41 Å². The number of nitrogen functional groups attached to an aromatic ring is 1. The van der Waals surface area contributed by atoms with Crippen molar-refractivity contribution in [2.45, 2.75) is 32.6 Å². The van der Waals surface area contributed by atoms with Crippen molar-refractivity contribution in [3.8, 4) is 5.75 Å². The topological polar surface area (TPSA) is 126 Å². The summed E-state index contributed by atoms with van der Waals surface area (Å²) in [7, 11) is 3.16. The van der Waals surface area contributed by atoms with Crippen molar-refractivity contribution >= 4 is 51.4 Å². The first-order valence-electron chi connectivity index (χ1n) is 10.3. The summed E-state index contributed by atoms with van der Waals surface area (Å²) in [6.07, 6.45) is 8.08. The van der Waals surface area contributed by atoms with Crippen molar-refractivity contribution in [1.82, 2.24) is 15.0 Å². The first-order chi connectivity index (χ1) is 15.5. The second kappa shape index (κ2) is 10.9. The number of carbonyl (C=O) groups excluding carboxylic acids is 1. The third-order valence-corrected chi connectivity index (χ3v) is 6.25. The Labute approximate surface area is 191 Å². The van der Waals surface area contributed by atoms with Crippen LogP contribution in [0.25, 0.3) is 10.2 Å². The number of aromatic nitrogens is 2. The Bertz CT molecular complexity index is 1100. The molecule has 0 aliphatic heterocycles. The minimum atomic E-state index is 0.512. The fourth-order valence-electron chi connectivity index (χ4n) is 3.55. The summed E-state index contributed by atoms with van der Waals surface area (Å²) in [5.41, 5.74) is 9.22. The number of hydroxylamine groups is 2. The van der Waals surface area contributed by atoms with Gasteiger partial charge in [0.05, 0.1) is 24.8 Å². The largest absolute Gasteiger partial charge is 0.494 e. The van der Waals surface area contributed by atoms with Crippen molar-refractivity contribution in [3.63, 3.8) is 0 Å². The SMILES string of the molecule is CCON(C)C=O.COc1cc(N)c(C=N)cc1Nc1ncnc2sc3c(c12)CCCC3. The van der Waals surface area contributed by atoms with E-state index in [1.54, 1.807) is 37.9 Å². The summed E-state index contributed by atoms with van der Waals surface area (Å²) in [5, 5.41) is 13.1. The summed E-state index contributed by atoms with van der Waals surface area (Å²) >= 11 is 1.77. The van der Waals surface area contributed by atoms with Gasteiger partial charge >= 0.3 is 0 Å². The van der Waals surface area contributed by atoms with Gasteiger partial charge in [0.1, 0.15) is 22.7 Å². The number of thiophene rings is 1. The molecule has 2 heterocycles. The molecule has 0 bridgehead atoms. The standard InChI is InChI=1S/C18H19N5OS.C4H9NO2/c1-24-14-7-12(20)10(8-19)6-13(14)23-17-16-11-4-2-3-5-15(11)25-18(16)22-9-21-17;1-3-7-5(2)4-6/h6-9,19H,2-5,20H2,1H3,(H,21,22,23);4H,3H2,1-2H3. The van der Waals surface area contributed by atoms with E-state index in [4.69, 9.17) is 15.9 Å². The molecular weight excluding hydrogens is 428 g/mol. The Morgan fingerprint density at radius 3 is 2.75 bits per heavy atom. The van der Waals surface area contributed by atoms with Gasteiger partial charge in [-0.3, -0.25) is 9.63 Å². The highest BCUT2D eigenvalue weighted by Gasteiger charge is 2.20. The molecule has 1 amide bonds. The molecule has 4 rings (SSSR count). The summed E-state index contributed by atoms with van der Waals surface area (Å²) in [5.74, 6) is 1.40. The Kier molecular flexibility index (Phi) is 7.96. The number of rotatable bonds is 7. The molecule has 4 N–H and O–H groups in total. The van der Waals surface area contributed by atoms with Crippen LogP contribution in [0.4, 0.5) is 17.2 Å². The number of ether oxygens (including phenoxy) is 1. The fraction of sp³-hybridized carbons (Fsp3) is 0.364. The van der Waals surface area contributed by atoms with Crippen LogP contribution >= 0.6 is 11.3 Å². The van der Waals surface area contributed by atoms with Crippen LogP contribution in [0.1, 0.15) is 35.8 Å². The fourth-order valence-corrected chi connectivity index (χ4v) is 4.78. The number of hydrogen-bond donors (Lipinski definition) is 3. The second-order valence-electron chi connectivity index (χ2n) is 7.13. The minimum absolute atomic E-state index is 0.512. The average Bonchev–Trinajstić information content (AvgIpc) is 3.20. The summed E-state index contributed by atoms with van der Waals surface area (Å²) < 4.78 is 5.45. The zero-order valence-corrected chi connectivity index (χ0v) is 19.3. The monoisotopic (exact) mass is 456 g/mol. The molecule has 32 heavy (non-hydrogen) atoms. The van der Waals surface area contributed by atoms with Crippen LogP contribution in [-0.2, 0) is 22.5 Å². The van der Waals surface area contributed by atoms with Crippen LogP contribution in [0.2, 0.25) is 0 Å². The highest BCUT2D eigenvalue weighted by molar-refractivity contribution is 7.19. The molecule has 10 heteroatoms. The number of amides is 1. The van der Waals surface area contributed by atoms with Gasteiger partial charge in [-0.15, -0.1) is 11.3 Å². The van der Waals surface area contributed by atoms with Gasteiger partial charge in [-0.1, -0.05) is 0 Å². The van der Waals surface area contributed by atoms with E-state index in [-0.39, 0.29) is 0 Å². The molecular formula is C22H28N6O3S. The normalized spacial score (nSPS) is 12.3. The first kappa shape index (κ1) is 23.4. The van der Waals surface area contributed by atoms with Gasteiger partial charge in [-0.05, 0) is 44.2 Å². The first-order valence-corrected chi connectivity index (χ1v) is 11.1. The van der Waals surface area contributed by atoms with Gasteiger partial charge in [-0.2, -0.15) is 0 Å². The lowest BCUT2D eigenvalue weighted by atomic mass is 9.97. The number of nitrogens with zero attached hydrogens (tertiary/aromatic N) is 3. The lowest BCUT2D eigenvalue weighted by Gasteiger charge is -2.15. The third-order valence-electron chi connectivity index (χ3n) is 5.05. The molecule has 0 spiro atoms. The van der Waals surface area contributed by atoms with Crippen molar-refractivity contribution in [1.29, 1.82) is 5.41 Å². The molecule has 2 aromatic heterocycles. The van der Waals surface area contributed by atoms with Crippen LogP contribution in [0.3, 0.4) is 0 Å². The van der Waals surface area contributed by atoms with E-state index in [0.717, 1.165) is 39.6 Å². The molecule has 3 aromatic rings. The third kappa shape index (κ3) is 5.14. The maximum atomic E-state index is 9.70. The van der Waals surface area contributed by atoms with Gasteiger partial charge in [0, 0.05) is 35.5 Å². The van der Waals surface area contributed by atoms with E-state index in [0.29, 0.717) is 30.0 Å². The van der Waals surface area contributed by atoms with Crippen LogP contribution in [0.15, 0.2) is 18.5 Å². The molecule has 0 unspecified atom stereocenters. The summed E-state index contributed by atoms with van der Waals surface area (Å²) in [6, 6.07) is 3.54. The molecule has 1 aliphatic rings. The Morgan fingerprint density at radius 2 is 2.09 bits per heavy atom. The van der Waals surface area contributed by atoms with Crippen molar-refractivity contribution < 1.29 is 14.4 Å². The van der Waals surface area contributed by atoms with Gasteiger partial charge in [0.25, 0.3) is 0 Å². The lowest BCUT2D eigenvalue weighted by Crippen LogP contribution is -2.15. The molecule has 0 fully saturated rings. The van der Waals surface area contributed by atoms with Gasteiger partial charge in [0.15, 0.2) is 0 Å². The number of fused-ring (bicyclic) bond motifs is 3. The molecule has 0 saturated heterocycles. The predicted octanol–water partition coefficient (Wildman–Crippen LogP) is 3.93. The second-order valence-corrected chi connectivity index (χ2v) is 8.22. The van der Waals surface area contributed by atoms with Crippen molar-refractivity contribution in [2.24, 2.45) is 0 Å². The van der Waals surface area contributed by atoms with E-state index in [1.165, 1.54) is 29.5 Å². The quantitative estimate of drug-likeness (QED) is 0.213. The Morgan fingerprint density at radius 1 is 1.31 bits per heavy atom. The molecule has 0 atom stereocenters. The predicted molar refractivity (Wildman–Crippen MR) is 128 cm³/mol. The number of methoxy groups -OCH3 is 1. The average molecular weight is 457 g/mol. The van der Waals surface area contributed by atoms with Crippen molar-refractivity contribution in [3.05, 3.63) is 34.5 Å². The summed E-state index contributed by atoms with van der Waals surface area (Å²) in [4.78, 5) is 25.7. The zero-order chi connectivity index (χ0) is 23.1. The number of anilines is 3. The number of hydrogen-bond acceptors (Lipinski definition) is 9. The molecule has 0 radical (unpaired) electrons. The smallest absolute Gasteiger partial charge is 0.233 e. The maximum absolute atomic E-state index is 9.70. The molecule has 0 saturated carbocycles. The van der Waals surface area contributed by atoms with E-state index in [9.17, 15) is 4.79 Å². The van der Waals surface area contributed by atoms with Gasteiger partial charge in [-0.25, -0.2) is 15.0 Å². The number of benzene rings is 1. The number of aryl methyl sites for hydroxylation is 2. The lowest BCUT2D eigenvalue weighted by molar-refractivity contribution is -0.161. The van der Waals surface area contributed by atoms with Crippen LogP contribution < -0.4 is 15.8 Å². The highest BCUT2D eigenvalue weighted by Crippen LogP contribution is 2.40. The van der Waals surface area contributed by atoms with E-state index in [1.807, 2.05) is 13.0 Å². The molecule has 1 aliphatic carbocycles. The highest BCUT2D eigenvalue weighted by atomic mass is 32.1. The molecule has 1 aromatic carbocycles. The van der Waals surface area contributed by atoms with Crippen molar-refractivity contribution in [2.75, 3.05) is 31.8 Å². The van der Waals surface area contributed by atoms with Gasteiger partial charge < -0.3 is 21.2 Å². The van der Waals surface area contributed by atoms with E-state index in [2.05, 4.69) is 20.1 Å². The Balaban J connectivity index is 0.000000360. The maximum Gasteiger partial charge on any atom is 0.233 e.